The molecule has 1 N–H and O–H groups in total. The third-order valence-electron chi connectivity index (χ3n) is 3.34. The summed E-state index contributed by atoms with van der Waals surface area (Å²) in [6.07, 6.45) is 3.35. The van der Waals surface area contributed by atoms with Crippen molar-refractivity contribution in [1.29, 1.82) is 0 Å². The molecule has 2 rings (SSSR count). The maximum absolute atomic E-state index is 11.6. The molecule has 5 heteroatoms. The first-order valence-electron chi connectivity index (χ1n) is 7.56. The number of methoxy groups -OCH3 is 1. The van der Waals surface area contributed by atoms with Crippen LogP contribution < -0.4 is 10.1 Å². The molecule has 0 aliphatic carbocycles. The second-order valence-electron chi connectivity index (χ2n) is 5.08. The van der Waals surface area contributed by atoms with Crippen LogP contribution in [0.5, 0.6) is 5.75 Å². The Balaban J connectivity index is 1.69. The number of nitrogens with one attached hydrogen (secondary N) is 1. The highest BCUT2D eigenvalue weighted by Crippen LogP contribution is 2.12. The largest absolute Gasteiger partial charge is 0.497 e. The molecule has 2 aromatic carbocycles. The fourth-order valence-corrected chi connectivity index (χ4v) is 2.15. The van der Waals surface area contributed by atoms with Crippen LogP contribution in [0.25, 0.3) is 6.08 Å². The summed E-state index contributed by atoms with van der Waals surface area (Å²) in [4.78, 5) is 11.6. The minimum absolute atomic E-state index is 0.222. The number of rotatable bonds is 7. The highest BCUT2D eigenvalue weighted by atomic mass is 35.5. The molecule has 0 unspecified atom stereocenters. The first-order chi connectivity index (χ1) is 11.7. The van der Waals surface area contributed by atoms with Crippen LogP contribution in [0.2, 0.25) is 0 Å². The van der Waals surface area contributed by atoms with E-state index >= 15 is 0 Å². The third-order valence-corrected chi connectivity index (χ3v) is 3.65. The number of benzene rings is 2. The van der Waals surface area contributed by atoms with E-state index in [2.05, 4.69) is 5.32 Å². The molecular weight excluding hydrogens is 326 g/mol. The van der Waals surface area contributed by atoms with Gasteiger partial charge in [0.25, 0.3) is 0 Å². The fraction of sp³-hybridized carbons (Fsp3) is 0.211. The third kappa shape index (κ3) is 5.97. The van der Waals surface area contributed by atoms with Gasteiger partial charge in [0, 0.05) is 12.4 Å². The standard InChI is InChI=1S/C19H20ClNO3/c1-23-18-10-8-17(9-11-18)14-24-19(22)21-12-2-3-15-4-6-16(13-20)7-5-15/h2-11H,12-14H2,1H3,(H,21,22)/b3-2+. The van der Waals surface area contributed by atoms with Gasteiger partial charge in [-0.2, -0.15) is 0 Å². The molecule has 0 radical (unpaired) electrons. The Labute approximate surface area is 147 Å². The Bertz CT molecular complexity index is 666. The van der Waals surface area contributed by atoms with Crippen molar-refractivity contribution < 1.29 is 14.3 Å². The summed E-state index contributed by atoms with van der Waals surface area (Å²) in [5.41, 5.74) is 3.03. The van der Waals surface area contributed by atoms with Crippen molar-refractivity contribution in [2.24, 2.45) is 0 Å². The molecular formula is C19H20ClNO3. The monoisotopic (exact) mass is 345 g/mol. The SMILES string of the molecule is COc1ccc(COC(=O)NC/C=C/c2ccc(CCl)cc2)cc1. The molecule has 0 bridgehead atoms. The molecule has 0 spiro atoms. The van der Waals surface area contributed by atoms with E-state index in [-0.39, 0.29) is 6.61 Å². The van der Waals surface area contributed by atoms with Crippen molar-refractivity contribution in [3.8, 4) is 5.75 Å². The first-order valence-corrected chi connectivity index (χ1v) is 8.09. The van der Waals surface area contributed by atoms with Crippen LogP contribution in [-0.2, 0) is 17.2 Å². The molecule has 1 amide bonds. The van der Waals surface area contributed by atoms with Gasteiger partial charge < -0.3 is 14.8 Å². The molecule has 0 aromatic heterocycles. The molecule has 4 nitrogen and oxygen atoms in total. The predicted octanol–water partition coefficient (Wildman–Crippen LogP) is 4.37. The van der Waals surface area contributed by atoms with Gasteiger partial charge in [-0.25, -0.2) is 4.79 Å². The van der Waals surface area contributed by atoms with E-state index in [1.54, 1.807) is 7.11 Å². The van der Waals surface area contributed by atoms with Gasteiger partial charge in [0.15, 0.2) is 0 Å². The summed E-state index contributed by atoms with van der Waals surface area (Å²) in [5, 5.41) is 2.67. The van der Waals surface area contributed by atoms with E-state index in [9.17, 15) is 4.79 Å². The molecule has 0 aliphatic heterocycles. The molecule has 0 heterocycles. The summed E-state index contributed by atoms with van der Waals surface area (Å²) >= 11 is 5.74. The second-order valence-corrected chi connectivity index (χ2v) is 5.35. The molecule has 24 heavy (non-hydrogen) atoms. The predicted molar refractivity (Wildman–Crippen MR) is 96.2 cm³/mol. The summed E-state index contributed by atoms with van der Waals surface area (Å²) in [7, 11) is 1.61. The van der Waals surface area contributed by atoms with Crippen LogP contribution in [-0.4, -0.2) is 19.7 Å². The Kier molecular flexibility index (Phi) is 7.18. The number of alkyl halides is 1. The van der Waals surface area contributed by atoms with Crippen molar-refractivity contribution in [3.05, 3.63) is 71.3 Å². The van der Waals surface area contributed by atoms with E-state index in [1.807, 2.05) is 60.7 Å². The van der Waals surface area contributed by atoms with E-state index in [0.29, 0.717) is 12.4 Å². The molecule has 0 fully saturated rings. The van der Waals surface area contributed by atoms with Crippen molar-refractivity contribution in [1.82, 2.24) is 5.32 Å². The van der Waals surface area contributed by atoms with Gasteiger partial charge >= 0.3 is 6.09 Å². The van der Waals surface area contributed by atoms with Gasteiger partial charge in [-0.05, 0) is 28.8 Å². The summed E-state index contributed by atoms with van der Waals surface area (Å²) in [6.45, 7) is 0.623. The highest BCUT2D eigenvalue weighted by Gasteiger charge is 2.01. The first kappa shape index (κ1) is 17.9. The molecule has 0 atom stereocenters. The van der Waals surface area contributed by atoms with Gasteiger partial charge in [-0.1, -0.05) is 48.6 Å². The van der Waals surface area contributed by atoms with Gasteiger partial charge in [-0.15, -0.1) is 11.6 Å². The smallest absolute Gasteiger partial charge is 0.407 e. The van der Waals surface area contributed by atoms with E-state index in [1.165, 1.54) is 0 Å². The lowest BCUT2D eigenvalue weighted by atomic mass is 10.1. The van der Waals surface area contributed by atoms with Gasteiger partial charge in [0.05, 0.1) is 7.11 Å². The van der Waals surface area contributed by atoms with Crippen molar-refractivity contribution in [2.75, 3.05) is 13.7 Å². The second kappa shape index (κ2) is 9.63. The van der Waals surface area contributed by atoms with E-state index in [4.69, 9.17) is 21.1 Å². The lowest BCUT2D eigenvalue weighted by molar-refractivity contribution is 0.140. The summed E-state index contributed by atoms with van der Waals surface area (Å²) in [6, 6.07) is 15.3. The average Bonchev–Trinajstić information content (AvgIpc) is 2.64. The maximum atomic E-state index is 11.6. The Morgan fingerprint density at radius 2 is 1.75 bits per heavy atom. The Hall–Kier alpha value is -2.46. The van der Waals surface area contributed by atoms with Crippen molar-refractivity contribution >= 4 is 23.8 Å². The summed E-state index contributed by atoms with van der Waals surface area (Å²) < 4.78 is 10.2. The topological polar surface area (TPSA) is 47.6 Å². The Morgan fingerprint density at radius 1 is 1.08 bits per heavy atom. The minimum Gasteiger partial charge on any atom is -0.497 e. The minimum atomic E-state index is -0.451. The zero-order valence-corrected chi connectivity index (χ0v) is 14.3. The van der Waals surface area contributed by atoms with Gasteiger partial charge in [-0.3, -0.25) is 0 Å². The van der Waals surface area contributed by atoms with Crippen LogP contribution >= 0.6 is 11.6 Å². The number of halogens is 1. The number of amides is 1. The molecule has 2 aromatic rings. The van der Waals surface area contributed by atoms with Crippen LogP contribution in [0, 0.1) is 0 Å². The number of hydrogen-bond donors (Lipinski definition) is 1. The Morgan fingerprint density at radius 3 is 2.38 bits per heavy atom. The number of ether oxygens (including phenoxy) is 2. The number of carbonyl (C=O) groups is 1. The van der Waals surface area contributed by atoms with E-state index < -0.39 is 6.09 Å². The van der Waals surface area contributed by atoms with Crippen molar-refractivity contribution in [3.63, 3.8) is 0 Å². The lowest BCUT2D eigenvalue weighted by Crippen LogP contribution is -2.24. The number of carbonyl (C=O) groups excluding carboxylic acids is 1. The average molecular weight is 346 g/mol. The van der Waals surface area contributed by atoms with Gasteiger partial charge in [0.2, 0.25) is 0 Å². The molecule has 0 saturated carbocycles. The van der Waals surface area contributed by atoms with Crippen LogP contribution in [0.15, 0.2) is 54.6 Å². The van der Waals surface area contributed by atoms with Crippen LogP contribution in [0.3, 0.4) is 0 Å². The molecule has 0 saturated heterocycles. The van der Waals surface area contributed by atoms with Crippen LogP contribution in [0.4, 0.5) is 4.79 Å². The van der Waals surface area contributed by atoms with E-state index in [0.717, 1.165) is 22.4 Å². The molecule has 0 aliphatic rings. The molecule has 126 valence electrons. The number of hydrogen-bond acceptors (Lipinski definition) is 3. The normalized spacial score (nSPS) is 10.6. The zero-order chi connectivity index (χ0) is 17.2. The van der Waals surface area contributed by atoms with Crippen LogP contribution in [0.1, 0.15) is 16.7 Å². The van der Waals surface area contributed by atoms with Crippen molar-refractivity contribution in [2.45, 2.75) is 12.5 Å². The lowest BCUT2D eigenvalue weighted by Gasteiger charge is -2.06. The van der Waals surface area contributed by atoms with Gasteiger partial charge in [0.1, 0.15) is 12.4 Å². The quantitative estimate of drug-likeness (QED) is 0.758. The maximum Gasteiger partial charge on any atom is 0.407 e. The summed E-state index contributed by atoms with van der Waals surface area (Å²) in [5.74, 6) is 1.28. The highest BCUT2D eigenvalue weighted by molar-refractivity contribution is 6.17. The zero-order valence-electron chi connectivity index (χ0n) is 13.5. The number of alkyl carbamates (subject to hydrolysis) is 1. The fourth-order valence-electron chi connectivity index (χ4n) is 1.98.